The summed E-state index contributed by atoms with van der Waals surface area (Å²) in [5.41, 5.74) is 1.43. The fraction of sp³-hybridized carbons (Fsp3) is 0.391. The molecule has 0 aromatic heterocycles. The zero-order valence-electron chi connectivity index (χ0n) is 16.8. The highest BCUT2D eigenvalue weighted by Gasteiger charge is 2.43. The van der Waals surface area contributed by atoms with Crippen molar-refractivity contribution in [2.24, 2.45) is 0 Å². The van der Waals surface area contributed by atoms with Gasteiger partial charge in [-0.2, -0.15) is 13.2 Å². The number of ether oxygens (including phenoxy) is 1. The van der Waals surface area contributed by atoms with Gasteiger partial charge in [-0.1, -0.05) is 36.4 Å². The molecule has 1 spiro atoms. The van der Waals surface area contributed by atoms with Crippen LogP contribution in [0, 0.1) is 0 Å². The van der Waals surface area contributed by atoms with Gasteiger partial charge in [0.2, 0.25) is 5.79 Å². The quantitative estimate of drug-likeness (QED) is 0.538. The summed E-state index contributed by atoms with van der Waals surface area (Å²) in [6.07, 6.45) is -2.27. The van der Waals surface area contributed by atoms with Gasteiger partial charge in [-0.15, -0.1) is 0 Å². The molecular weight excluding hydrogens is 431 g/mol. The van der Waals surface area contributed by atoms with Crippen molar-refractivity contribution < 1.29 is 27.7 Å². The van der Waals surface area contributed by atoms with E-state index in [1.54, 1.807) is 18.2 Å². The first kappa shape index (κ1) is 22.1. The predicted molar refractivity (Wildman–Crippen MR) is 112 cm³/mol. The largest absolute Gasteiger partial charge is 0.416 e. The molecule has 1 aliphatic heterocycles. The Morgan fingerprint density at radius 2 is 1.81 bits per heavy atom. The molecule has 1 N–H and O–H groups in total. The molecule has 1 atom stereocenters. The second-order valence-electron chi connectivity index (χ2n) is 7.92. The number of hydrogen-bond acceptors (Lipinski definition) is 4. The van der Waals surface area contributed by atoms with Gasteiger partial charge >= 0.3 is 6.18 Å². The summed E-state index contributed by atoms with van der Waals surface area (Å²) in [7, 11) is 0. The summed E-state index contributed by atoms with van der Waals surface area (Å²) in [5, 5.41) is 3.83. The molecule has 0 bridgehead atoms. The fourth-order valence-electron chi connectivity index (χ4n) is 3.88. The lowest BCUT2D eigenvalue weighted by Crippen LogP contribution is -2.49. The Balaban J connectivity index is 1.29. The van der Waals surface area contributed by atoms with E-state index in [0.29, 0.717) is 43.0 Å². The maximum atomic E-state index is 12.9. The summed E-state index contributed by atoms with van der Waals surface area (Å²) >= 11 is 5.92. The molecule has 0 radical (unpaired) electrons. The van der Waals surface area contributed by atoms with Gasteiger partial charge in [0.1, 0.15) is 6.10 Å². The molecule has 2 fully saturated rings. The number of benzene rings is 2. The van der Waals surface area contributed by atoms with E-state index in [1.807, 2.05) is 12.1 Å². The van der Waals surface area contributed by atoms with Crippen molar-refractivity contribution in [2.75, 3.05) is 11.9 Å². The van der Waals surface area contributed by atoms with Crippen LogP contribution in [0.4, 0.5) is 18.9 Å². The predicted octanol–water partition coefficient (Wildman–Crippen LogP) is 6.47. The van der Waals surface area contributed by atoms with Crippen LogP contribution in [0.1, 0.15) is 36.8 Å². The molecule has 166 valence electrons. The highest BCUT2D eigenvalue weighted by Crippen LogP contribution is 2.39. The van der Waals surface area contributed by atoms with Crippen LogP contribution >= 0.6 is 11.6 Å². The molecule has 8 heteroatoms. The van der Waals surface area contributed by atoms with Crippen molar-refractivity contribution in [3.63, 3.8) is 0 Å². The van der Waals surface area contributed by atoms with Gasteiger partial charge < -0.3 is 10.1 Å². The summed E-state index contributed by atoms with van der Waals surface area (Å²) in [6, 6.07) is 12.6. The third kappa shape index (κ3) is 5.23. The number of halogens is 4. The van der Waals surface area contributed by atoms with Crippen LogP contribution in [-0.4, -0.2) is 24.5 Å². The normalized spacial score (nSPS) is 26.6. The van der Waals surface area contributed by atoms with E-state index >= 15 is 0 Å². The highest BCUT2D eigenvalue weighted by atomic mass is 35.5. The molecule has 1 saturated carbocycles. The summed E-state index contributed by atoms with van der Waals surface area (Å²) in [5.74, 6) is -0.831. The molecule has 1 saturated heterocycles. The van der Waals surface area contributed by atoms with E-state index in [0.717, 1.165) is 23.3 Å². The number of hydrogen-bond donors (Lipinski definition) is 1. The lowest BCUT2D eigenvalue weighted by molar-refractivity contribution is -0.483. The van der Waals surface area contributed by atoms with Crippen LogP contribution in [0.15, 0.2) is 55.1 Å². The standard InChI is InChI=1S/C23H23ClF3NO3/c1-15(16-5-7-18(24)8-6-16)21-14-29-22(31-30-21)11-9-19(10-12-22)28-20-4-2-3-17(13-20)23(25,26)27/h2-8,13,19,21,28H,1,9-12,14H2. The van der Waals surface area contributed by atoms with E-state index in [2.05, 4.69) is 11.9 Å². The number of anilines is 1. The van der Waals surface area contributed by atoms with Crippen molar-refractivity contribution in [3.05, 3.63) is 71.3 Å². The zero-order valence-corrected chi connectivity index (χ0v) is 17.5. The minimum atomic E-state index is -4.36. The Kier molecular flexibility index (Phi) is 6.30. The van der Waals surface area contributed by atoms with Gasteiger partial charge in [-0.25, -0.2) is 9.78 Å². The van der Waals surface area contributed by atoms with Gasteiger partial charge in [0.05, 0.1) is 12.2 Å². The van der Waals surface area contributed by atoms with E-state index in [-0.39, 0.29) is 6.04 Å². The molecule has 31 heavy (non-hydrogen) atoms. The van der Waals surface area contributed by atoms with E-state index in [1.165, 1.54) is 6.07 Å². The van der Waals surface area contributed by atoms with Gasteiger partial charge in [-0.05, 0) is 54.3 Å². The smallest absolute Gasteiger partial charge is 0.382 e. The Morgan fingerprint density at radius 3 is 2.42 bits per heavy atom. The Hall–Kier alpha value is -2.06. The van der Waals surface area contributed by atoms with Gasteiger partial charge in [0.15, 0.2) is 0 Å². The van der Waals surface area contributed by atoms with Crippen LogP contribution < -0.4 is 5.32 Å². The molecule has 4 rings (SSSR count). The minimum Gasteiger partial charge on any atom is -0.382 e. The van der Waals surface area contributed by atoms with E-state index in [4.69, 9.17) is 26.1 Å². The van der Waals surface area contributed by atoms with E-state index in [9.17, 15) is 13.2 Å². The first-order chi connectivity index (χ1) is 14.7. The Morgan fingerprint density at radius 1 is 1.10 bits per heavy atom. The monoisotopic (exact) mass is 453 g/mol. The lowest BCUT2D eigenvalue weighted by Gasteiger charge is -2.43. The van der Waals surface area contributed by atoms with Crippen LogP contribution in [0.2, 0.25) is 5.02 Å². The average Bonchev–Trinajstić information content (AvgIpc) is 2.76. The van der Waals surface area contributed by atoms with Crippen molar-refractivity contribution in [3.8, 4) is 0 Å². The molecule has 1 aliphatic carbocycles. The van der Waals surface area contributed by atoms with Gasteiger partial charge in [-0.3, -0.25) is 0 Å². The van der Waals surface area contributed by atoms with Gasteiger partial charge in [0.25, 0.3) is 0 Å². The molecule has 1 unspecified atom stereocenters. The fourth-order valence-corrected chi connectivity index (χ4v) is 4.01. The second-order valence-corrected chi connectivity index (χ2v) is 8.36. The van der Waals surface area contributed by atoms with Crippen LogP contribution in [0.3, 0.4) is 0 Å². The van der Waals surface area contributed by atoms with Crippen molar-refractivity contribution in [1.29, 1.82) is 0 Å². The molecule has 4 nitrogen and oxygen atoms in total. The summed E-state index contributed by atoms with van der Waals surface area (Å²) in [4.78, 5) is 11.3. The summed E-state index contributed by atoms with van der Waals surface area (Å²) in [6.45, 7) is 4.39. The van der Waals surface area contributed by atoms with E-state index < -0.39 is 23.6 Å². The Bertz CT molecular complexity index is 914. The van der Waals surface area contributed by atoms with Crippen LogP contribution in [-0.2, 0) is 20.7 Å². The first-order valence-corrected chi connectivity index (χ1v) is 10.5. The third-order valence-electron chi connectivity index (χ3n) is 5.73. The number of rotatable bonds is 4. The highest BCUT2D eigenvalue weighted by molar-refractivity contribution is 6.30. The van der Waals surface area contributed by atoms with Crippen LogP contribution in [0.5, 0.6) is 0 Å². The summed E-state index contributed by atoms with van der Waals surface area (Å²) < 4.78 is 44.8. The molecule has 1 heterocycles. The SMILES string of the molecule is C=C(c1ccc(Cl)cc1)C1COC2(CCC(Nc3cccc(C(F)(F)F)c3)CC2)OO1. The number of alkyl halides is 3. The van der Waals surface area contributed by atoms with Crippen molar-refractivity contribution in [2.45, 2.75) is 49.8 Å². The maximum absolute atomic E-state index is 12.9. The van der Waals surface area contributed by atoms with Crippen molar-refractivity contribution >= 4 is 22.9 Å². The molecule has 0 amide bonds. The molecular formula is C23H23ClF3NO3. The van der Waals surface area contributed by atoms with Crippen molar-refractivity contribution in [1.82, 2.24) is 0 Å². The molecule has 2 aliphatic rings. The Labute approximate surface area is 183 Å². The average molecular weight is 454 g/mol. The zero-order chi connectivity index (χ0) is 22.1. The van der Waals surface area contributed by atoms with Crippen LogP contribution in [0.25, 0.3) is 5.57 Å². The second kappa shape index (κ2) is 8.82. The first-order valence-electron chi connectivity index (χ1n) is 10.1. The number of nitrogens with one attached hydrogen (secondary N) is 1. The minimum absolute atomic E-state index is 0.0306. The molecule has 2 aromatic carbocycles. The maximum Gasteiger partial charge on any atom is 0.416 e. The topological polar surface area (TPSA) is 39.7 Å². The third-order valence-corrected chi connectivity index (χ3v) is 5.98. The molecule has 2 aromatic rings. The van der Waals surface area contributed by atoms with Gasteiger partial charge in [0, 0.05) is 29.6 Å². The lowest BCUT2D eigenvalue weighted by atomic mass is 9.89.